The molecule has 1 aliphatic heterocycles. The van der Waals surface area contributed by atoms with E-state index < -0.39 is 0 Å². The predicted octanol–water partition coefficient (Wildman–Crippen LogP) is 3.55. The molecule has 4 rings (SSSR count). The molecule has 1 saturated heterocycles. The standard InChI is InChI=1S/C27H34N4O4/c1-20-7-4-5-8-22(20)17-24(29(2)26(32)18-31-14-6-13-28-31)21-11-15-30(16-12-21)27(33)25-10-9-23(35-25)19-34-3/h4-10,13-14,21,24H,11-12,15-19H2,1-3H3. The van der Waals surface area contributed by atoms with Gasteiger partial charge in [-0.05, 0) is 61.4 Å². The first-order valence-electron chi connectivity index (χ1n) is 12.1. The van der Waals surface area contributed by atoms with E-state index in [-0.39, 0.29) is 30.3 Å². The summed E-state index contributed by atoms with van der Waals surface area (Å²) < 4.78 is 12.4. The minimum Gasteiger partial charge on any atom is -0.453 e. The van der Waals surface area contributed by atoms with Crippen LogP contribution >= 0.6 is 0 Å². The number of likely N-dealkylation sites (tertiary alicyclic amines) is 1. The molecular formula is C27H34N4O4. The number of amides is 2. The highest BCUT2D eigenvalue weighted by Gasteiger charge is 2.33. The Morgan fingerprint density at radius 3 is 2.63 bits per heavy atom. The maximum absolute atomic E-state index is 13.2. The van der Waals surface area contributed by atoms with Crippen LogP contribution in [0.15, 0.2) is 59.3 Å². The van der Waals surface area contributed by atoms with Crippen LogP contribution in [0.2, 0.25) is 0 Å². The molecule has 0 aliphatic carbocycles. The molecule has 186 valence electrons. The summed E-state index contributed by atoms with van der Waals surface area (Å²) in [4.78, 5) is 29.9. The number of piperidine rings is 1. The third-order valence-electron chi connectivity index (χ3n) is 6.97. The summed E-state index contributed by atoms with van der Waals surface area (Å²) in [6, 6.07) is 13.7. The maximum Gasteiger partial charge on any atom is 0.289 e. The third kappa shape index (κ3) is 6.00. The highest BCUT2D eigenvalue weighted by Crippen LogP contribution is 2.28. The average Bonchev–Trinajstić information content (AvgIpc) is 3.55. The van der Waals surface area contributed by atoms with E-state index in [9.17, 15) is 9.59 Å². The van der Waals surface area contributed by atoms with Gasteiger partial charge in [0.25, 0.3) is 5.91 Å². The lowest BCUT2D eigenvalue weighted by Crippen LogP contribution is -2.49. The third-order valence-corrected chi connectivity index (χ3v) is 6.97. The SMILES string of the molecule is COCc1ccc(C(=O)N2CCC(C(Cc3ccccc3C)N(C)C(=O)Cn3cccn3)CC2)o1. The number of benzene rings is 1. The van der Waals surface area contributed by atoms with Crippen molar-refractivity contribution in [3.05, 3.63) is 77.5 Å². The van der Waals surface area contributed by atoms with Crippen molar-refractivity contribution < 1.29 is 18.7 Å². The van der Waals surface area contributed by atoms with E-state index in [0.29, 0.717) is 31.2 Å². The maximum atomic E-state index is 13.2. The van der Waals surface area contributed by atoms with E-state index in [2.05, 4.69) is 24.2 Å². The van der Waals surface area contributed by atoms with Gasteiger partial charge in [0.05, 0.1) is 0 Å². The lowest BCUT2D eigenvalue weighted by Gasteiger charge is -2.40. The minimum absolute atomic E-state index is 0.0343. The number of ether oxygens (including phenoxy) is 1. The number of carbonyl (C=O) groups excluding carboxylic acids is 2. The van der Waals surface area contributed by atoms with Gasteiger partial charge in [-0.15, -0.1) is 0 Å². The van der Waals surface area contributed by atoms with Gasteiger partial charge in [-0.2, -0.15) is 5.10 Å². The molecule has 2 amide bonds. The Bertz CT molecular complexity index is 1120. The lowest BCUT2D eigenvalue weighted by atomic mass is 9.84. The minimum atomic E-state index is -0.0932. The van der Waals surface area contributed by atoms with Crippen molar-refractivity contribution in [3.63, 3.8) is 0 Å². The molecule has 1 unspecified atom stereocenters. The molecule has 8 nitrogen and oxygen atoms in total. The summed E-state index contributed by atoms with van der Waals surface area (Å²) in [6.07, 6.45) is 5.92. The topological polar surface area (TPSA) is 80.8 Å². The fraction of sp³-hybridized carbons (Fsp3) is 0.444. The van der Waals surface area contributed by atoms with Gasteiger partial charge in [0.15, 0.2) is 5.76 Å². The molecule has 0 spiro atoms. The quantitative estimate of drug-likeness (QED) is 0.470. The van der Waals surface area contributed by atoms with Crippen molar-refractivity contribution in [1.29, 1.82) is 0 Å². The monoisotopic (exact) mass is 478 g/mol. The molecule has 0 N–H and O–H groups in total. The molecule has 35 heavy (non-hydrogen) atoms. The molecule has 1 aliphatic rings. The Balaban J connectivity index is 1.45. The van der Waals surface area contributed by atoms with Crippen molar-refractivity contribution in [1.82, 2.24) is 19.6 Å². The molecule has 3 heterocycles. The van der Waals surface area contributed by atoms with E-state index in [0.717, 1.165) is 19.3 Å². The van der Waals surface area contributed by atoms with Crippen LogP contribution in [0.1, 0.15) is 40.3 Å². The zero-order valence-electron chi connectivity index (χ0n) is 20.7. The van der Waals surface area contributed by atoms with Gasteiger partial charge >= 0.3 is 0 Å². The number of hydrogen-bond donors (Lipinski definition) is 0. The van der Waals surface area contributed by atoms with Crippen LogP contribution in [0.3, 0.4) is 0 Å². The molecule has 8 heteroatoms. The highest BCUT2D eigenvalue weighted by atomic mass is 16.5. The summed E-state index contributed by atoms with van der Waals surface area (Å²) in [7, 11) is 3.49. The van der Waals surface area contributed by atoms with Crippen LogP contribution in [0.5, 0.6) is 0 Å². The number of aryl methyl sites for hydroxylation is 1. The molecule has 2 aromatic heterocycles. The van der Waals surface area contributed by atoms with Crippen molar-refractivity contribution in [2.45, 2.75) is 45.4 Å². The van der Waals surface area contributed by atoms with Gasteiger partial charge in [0.2, 0.25) is 5.91 Å². The smallest absolute Gasteiger partial charge is 0.289 e. The van der Waals surface area contributed by atoms with Gasteiger partial charge < -0.3 is 19.0 Å². The Hall–Kier alpha value is -3.39. The van der Waals surface area contributed by atoms with Gasteiger partial charge in [0, 0.05) is 45.7 Å². The first-order chi connectivity index (χ1) is 17.0. The first kappa shape index (κ1) is 24.7. The molecule has 1 atom stereocenters. The number of likely N-dealkylation sites (N-methyl/N-ethyl adjacent to an activating group) is 1. The van der Waals surface area contributed by atoms with Crippen LogP contribution in [0.25, 0.3) is 0 Å². The van der Waals surface area contributed by atoms with E-state index >= 15 is 0 Å². The first-order valence-corrected chi connectivity index (χ1v) is 12.1. The number of aromatic nitrogens is 2. The second-order valence-electron chi connectivity index (χ2n) is 9.23. The number of carbonyl (C=O) groups is 2. The Morgan fingerprint density at radius 1 is 1.17 bits per heavy atom. The average molecular weight is 479 g/mol. The lowest BCUT2D eigenvalue weighted by molar-refractivity contribution is -0.134. The number of nitrogens with zero attached hydrogens (tertiary/aromatic N) is 4. The van der Waals surface area contributed by atoms with Gasteiger partial charge in [-0.3, -0.25) is 14.3 Å². The van der Waals surface area contributed by atoms with Gasteiger partial charge in [-0.1, -0.05) is 24.3 Å². The zero-order valence-corrected chi connectivity index (χ0v) is 20.7. The summed E-state index contributed by atoms with van der Waals surface area (Å²) in [5.74, 6) is 1.21. The Kier molecular flexibility index (Phi) is 8.02. The summed E-state index contributed by atoms with van der Waals surface area (Å²) in [6.45, 7) is 3.94. The van der Waals surface area contributed by atoms with Gasteiger partial charge in [-0.25, -0.2) is 0 Å². The summed E-state index contributed by atoms with van der Waals surface area (Å²) in [5.41, 5.74) is 2.47. The summed E-state index contributed by atoms with van der Waals surface area (Å²) in [5, 5.41) is 4.19. The second-order valence-corrected chi connectivity index (χ2v) is 9.23. The molecule has 1 fully saturated rings. The van der Waals surface area contributed by atoms with E-state index in [1.807, 2.05) is 35.0 Å². The largest absolute Gasteiger partial charge is 0.453 e. The summed E-state index contributed by atoms with van der Waals surface area (Å²) >= 11 is 0. The van der Waals surface area contributed by atoms with E-state index in [4.69, 9.17) is 9.15 Å². The Labute approximate surface area is 206 Å². The highest BCUT2D eigenvalue weighted by molar-refractivity contribution is 5.91. The fourth-order valence-electron chi connectivity index (χ4n) is 4.87. The molecular weight excluding hydrogens is 444 g/mol. The van der Waals surface area contributed by atoms with E-state index in [1.54, 1.807) is 36.3 Å². The molecule has 0 saturated carbocycles. The van der Waals surface area contributed by atoms with Crippen LogP contribution in [-0.2, 0) is 29.1 Å². The van der Waals surface area contributed by atoms with E-state index in [1.165, 1.54) is 11.1 Å². The van der Waals surface area contributed by atoms with Crippen LogP contribution < -0.4 is 0 Å². The van der Waals surface area contributed by atoms with Crippen molar-refractivity contribution in [2.75, 3.05) is 27.2 Å². The van der Waals surface area contributed by atoms with Gasteiger partial charge in [0.1, 0.15) is 18.9 Å². The number of furan rings is 1. The molecule has 0 radical (unpaired) electrons. The number of rotatable bonds is 9. The molecule has 0 bridgehead atoms. The predicted molar refractivity (Wildman–Crippen MR) is 132 cm³/mol. The second kappa shape index (κ2) is 11.4. The van der Waals surface area contributed by atoms with Crippen LogP contribution in [0, 0.1) is 12.8 Å². The van der Waals surface area contributed by atoms with Crippen LogP contribution in [-0.4, -0.2) is 64.7 Å². The number of hydrogen-bond acceptors (Lipinski definition) is 5. The normalized spacial score (nSPS) is 15.2. The van der Waals surface area contributed by atoms with Crippen molar-refractivity contribution >= 4 is 11.8 Å². The molecule has 3 aromatic rings. The zero-order chi connectivity index (χ0) is 24.8. The molecule has 1 aromatic carbocycles. The van der Waals surface area contributed by atoms with Crippen LogP contribution in [0.4, 0.5) is 0 Å². The number of methoxy groups -OCH3 is 1. The fourth-order valence-corrected chi connectivity index (χ4v) is 4.87. The van der Waals surface area contributed by atoms with Crippen molar-refractivity contribution in [3.8, 4) is 0 Å². The van der Waals surface area contributed by atoms with Crippen molar-refractivity contribution in [2.24, 2.45) is 5.92 Å². The Morgan fingerprint density at radius 2 is 1.94 bits per heavy atom.